The standard InChI is InChI=1S/C17H21FN2O4/c18-13-3-1-2-12(10-13)11-19-14(21)4-7-17(9-6-16(23)24)8-5-15(22)20-17/h1-3,10H,4-9,11H2,(H,19,21)(H,20,22)(H,23,24). The molecule has 1 atom stereocenters. The van der Waals surface area contributed by atoms with Crippen LogP contribution < -0.4 is 10.6 Å². The maximum Gasteiger partial charge on any atom is 0.303 e. The zero-order chi connectivity index (χ0) is 17.6. The van der Waals surface area contributed by atoms with Crippen LogP contribution in [0.5, 0.6) is 0 Å². The van der Waals surface area contributed by atoms with Gasteiger partial charge in [-0.1, -0.05) is 12.1 Å². The highest BCUT2D eigenvalue weighted by molar-refractivity contribution is 5.80. The van der Waals surface area contributed by atoms with E-state index in [1.165, 1.54) is 12.1 Å². The number of amides is 2. The molecular weight excluding hydrogens is 315 g/mol. The average molecular weight is 336 g/mol. The number of hydrogen-bond acceptors (Lipinski definition) is 3. The van der Waals surface area contributed by atoms with E-state index in [4.69, 9.17) is 5.11 Å². The number of carbonyl (C=O) groups is 3. The minimum Gasteiger partial charge on any atom is -0.481 e. The number of nitrogens with one attached hydrogen (secondary N) is 2. The molecule has 0 radical (unpaired) electrons. The van der Waals surface area contributed by atoms with Gasteiger partial charge in [0.15, 0.2) is 0 Å². The molecule has 1 unspecified atom stereocenters. The lowest BCUT2D eigenvalue weighted by molar-refractivity contribution is -0.137. The summed E-state index contributed by atoms with van der Waals surface area (Å²) in [5.41, 5.74) is 0.0455. The summed E-state index contributed by atoms with van der Waals surface area (Å²) in [7, 11) is 0. The highest BCUT2D eigenvalue weighted by Gasteiger charge is 2.37. The summed E-state index contributed by atoms with van der Waals surface area (Å²) in [6, 6.07) is 5.98. The van der Waals surface area contributed by atoms with E-state index >= 15 is 0 Å². The van der Waals surface area contributed by atoms with Crippen molar-refractivity contribution < 1.29 is 23.9 Å². The normalized spacial score (nSPS) is 19.8. The molecule has 1 aromatic carbocycles. The minimum absolute atomic E-state index is 0.0504. The first-order valence-corrected chi connectivity index (χ1v) is 7.92. The van der Waals surface area contributed by atoms with Crippen LogP contribution in [0.3, 0.4) is 0 Å². The quantitative estimate of drug-likeness (QED) is 0.674. The van der Waals surface area contributed by atoms with Gasteiger partial charge in [0, 0.05) is 31.3 Å². The van der Waals surface area contributed by atoms with Crippen molar-refractivity contribution in [1.29, 1.82) is 0 Å². The van der Waals surface area contributed by atoms with Crippen LogP contribution in [0.4, 0.5) is 4.39 Å². The Labute approximate surface area is 139 Å². The number of carbonyl (C=O) groups excluding carboxylic acids is 2. The van der Waals surface area contributed by atoms with E-state index in [1.54, 1.807) is 12.1 Å². The fraction of sp³-hybridized carbons (Fsp3) is 0.471. The summed E-state index contributed by atoms with van der Waals surface area (Å²) in [6.45, 7) is 0.227. The predicted molar refractivity (Wildman–Crippen MR) is 84.5 cm³/mol. The SMILES string of the molecule is O=C(O)CCC1(CCC(=O)NCc2cccc(F)c2)CCC(=O)N1. The Morgan fingerprint density at radius 1 is 1.29 bits per heavy atom. The Balaban J connectivity index is 1.83. The van der Waals surface area contributed by atoms with Gasteiger partial charge in [-0.15, -0.1) is 0 Å². The highest BCUT2D eigenvalue weighted by atomic mass is 19.1. The van der Waals surface area contributed by atoms with Crippen LogP contribution in [0.25, 0.3) is 0 Å². The van der Waals surface area contributed by atoms with Gasteiger partial charge >= 0.3 is 5.97 Å². The van der Waals surface area contributed by atoms with E-state index < -0.39 is 11.5 Å². The third-order valence-corrected chi connectivity index (χ3v) is 4.26. The first kappa shape index (κ1) is 17.9. The lowest BCUT2D eigenvalue weighted by atomic mass is 9.86. The number of carboxylic acid groups (broad SMARTS) is 1. The van der Waals surface area contributed by atoms with Crippen LogP contribution in [-0.2, 0) is 20.9 Å². The predicted octanol–water partition coefficient (Wildman–Crippen LogP) is 1.74. The second-order valence-electron chi connectivity index (χ2n) is 6.13. The van der Waals surface area contributed by atoms with E-state index in [0.717, 1.165) is 0 Å². The van der Waals surface area contributed by atoms with E-state index in [2.05, 4.69) is 10.6 Å². The molecule has 130 valence electrons. The largest absolute Gasteiger partial charge is 0.481 e. The van der Waals surface area contributed by atoms with E-state index in [1.807, 2.05) is 0 Å². The summed E-state index contributed by atoms with van der Waals surface area (Å²) in [6.07, 6.45) is 1.72. The molecular formula is C17H21FN2O4. The van der Waals surface area contributed by atoms with Gasteiger partial charge in [0.2, 0.25) is 11.8 Å². The first-order valence-electron chi connectivity index (χ1n) is 7.92. The van der Waals surface area contributed by atoms with Crippen LogP contribution >= 0.6 is 0 Å². The van der Waals surface area contributed by atoms with Gasteiger partial charge in [0.25, 0.3) is 0 Å². The molecule has 0 aliphatic carbocycles. The van der Waals surface area contributed by atoms with Crippen molar-refractivity contribution in [1.82, 2.24) is 10.6 Å². The van der Waals surface area contributed by atoms with Gasteiger partial charge in [-0.2, -0.15) is 0 Å². The average Bonchev–Trinajstić information content (AvgIpc) is 2.91. The molecule has 0 bridgehead atoms. The molecule has 1 saturated heterocycles. The van der Waals surface area contributed by atoms with Gasteiger partial charge in [0.1, 0.15) is 5.82 Å². The van der Waals surface area contributed by atoms with Gasteiger partial charge in [-0.25, -0.2) is 4.39 Å². The third-order valence-electron chi connectivity index (χ3n) is 4.26. The van der Waals surface area contributed by atoms with E-state index in [0.29, 0.717) is 31.2 Å². The fourth-order valence-corrected chi connectivity index (χ4v) is 2.91. The van der Waals surface area contributed by atoms with Gasteiger partial charge in [-0.3, -0.25) is 14.4 Å². The number of rotatable bonds is 8. The molecule has 3 N–H and O–H groups in total. The number of carboxylic acids is 1. The van der Waals surface area contributed by atoms with Crippen LogP contribution in [-0.4, -0.2) is 28.4 Å². The van der Waals surface area contributed by atoms with Crippen LogP contribution in [0.2, 0.25) is 0 Å². The van der Waals surface area contributed by atoms with Crippen molar-refractivity contribution in [3.8, 4) is 0 Å². The lowest BCUT2D eigenvalue weighted by Gasteiger charge is -2.28. The summed E-state index contributed by atoms with van der Waals surface area (Å²) in [5.74, 6) is -1.61. The van der Waals surface area contributed by atoms with Crippen LogP contribution in [0.1, 0.15) is 44.1 Å². The molecule has 1 aliphatic rings. The van der Waals surface area contributed by atoms with Gasteiger partial charge in [-0.05, 0) is 37.0 Å². The minimum atomic E-state index is -0.925. The monoisotopic (exact) mass is 336 g/mol. The van der Waals surface area contributed by atoms with Gasteiger partial charge < -0.3 is 15.7 Å². The fourth-order valence-electron chi connectivity index (χ4n) is 2.91. The second-order valence-corrected chi connectivity index (χ2v) is 6.13. The molecule has 0 aromatic heterocycles. The molecule has 6 nitrogen and oxygen atoms in total. The maximum atomic E-state index is 13.1. The molecule has 2 rings (SSSR count). The molecule has 2 amide bonds. The summed E-state index contributed by atoms with van der Waals surface area (Å²) < 4.78 is 13.1. The van der Waals surface area contributed by atoms with Crippen molar-refractivity contribution in [3.63, 3.8) is 0 Å². The Bertz CT molecular complexity index is 635. The smallest absolute Gasteiger partial charge is 0.303 e. The van der Waals surface area contributed by atoms with Gasteiger partial charge in [0.05, 0.1) is 0 Å². The number of hydrogen-bond donors (Lipinski definition) is 3. The van der Waals surface area contributed by atoms with Crippen molar-refractivity contribution in [2.45, 2.75) is 50.6 Å². The zero-order valence-electron chi connectivity index (χ0n) is 13.3. The number of halogens is 1. The van der Waals surface area contributed by atoms with Crippen molar-refractivity contribution in [2.24, 2.45) is 0 Å². The Morgan fingerprint density at radius 2 is 2.04 bits per heavy atom. The van der Waals surface area contributed by atoms with Crippen molar-refractivity contribution in [2.75, 3.05) is 0 Å². The van der Waals surface area contributed by atoms with Crippen molar-refractivity contribution in [3.05, 3.63) is 35.6 Å². The molecule has 1 aliphatic heterocycles. The number of aliphatic carboxylic acids is 1. The Morgan fingerprint density at radius 3 is 2.67 bits per heavy atom. The van der Waals surface area contributed by atoms with E-state index in [9.17, 15) is 18.8 Å². The Hall–Kier alpha value is -2.44. The lowest BCUT2D eigenvalue weighted by Crippen LogP contribution is -2.43. The van der Waals surface area contributed by atoms with E-state index in [-0.39, 0.29) is 37.0 Å². The van der Waals surface area contributed by atoms with Crippen LogP contribution in [0, 0.1) is 5.82 Å². The molecule has 1 heterocycles. The maximum absolute atomic E-state index is 13.1. The third kappa shape index (κ3) is 5.33. The topological polar surface area (TPSA) is 95.5 Å². The second kappa shape index (κ2) is 7.90. The molecule has 1 aromatic rings. The first-order chi connectivity index (χ1) is 11.4. The number of benzene rings is 1. The summed E-state index contributed by atoms with van der Waals surface area (Å²) >= 11 is 0. The Kier molecular flexibility index (Phi) is 5.89. The molecule has 1 fully saturated rings. The highest BCUT2D eigenvalue weighted by Crippen LogP contribution is 2.30. The molecule has 0 spiro atoms. The zero-order valence-corrected chi connectivity index (χ0v) is 13.3. The molecule has 0 saturated carbocycles. The molecule has 24 heavy (non-hydrogen) atoms. The van der Waals surface area contributed by atoms with Crippen LogP contribution in [0.15, 0.2) is 24.3 Å². The summed E-state index contributed by atoms with van der Waals surface area (Å²) in [5, 5.41) is 14.4. The van der Waals surface area contributed by atoms with Crippen molar-refractivity contribution >= 4 is 17.8 Å². The molecule has 7 heteroatoms. The summed E-state index contributed by atoms with van der Waals surface area (Å²) in [4.78, 5) is 34.3.